The summed E-state index contributed by atoms with van der Waals surface area (Å²) in [6.45, 7) is 35.3. The minimum Gasteiger partial charge on any atom is -0.413 e. The van der Waals surface area contributed by atoms with Gasteiger partial charge in [0.25, 0.3) is 0 Å². The van der Waals surface area contributed by atoms with Crippen molar-refractivity contribution >= 4 is 47.6 Å². The third-order valence-electron chi connectivity index (χ3n) is 11.1. The van der Waals surface area contributed by atoms with Crippen LogP contribution in [-0.4, -0.2) is 57.4 Å². The van der Waals surface area contributed by atoms with Crippen molar-refractivity contribution in [1.82, 2.24) is 19.5 Å². The van der Waals surface area contributed by atoms with Gasteiger partial charge in [-0.1, -0.05) is 74.4 Å². The lowest BCUT2D eigenvalue weighted by Gasteiger charge is -2.45. The zero-order valence-corrected chi connectivity index (χ0v) is 34.7. The molecule has 0 spiro atoms. The molecular formula is C35H61N5O4Si3. The molecule has 1 aliphatic heterocycles. The number of aromatic nitrogens is 4. The van der Waals surface area contributed by atoms with Gasteiger partial charge in [-0.05, 0) is 72.1 Å². The SMILES string of the molecule is CC(C)(C)[Si](C)(C)OCc1cccc(Nc2ncnc3c2ncn3[C@H]2C[C@H](C(O[Si](C)(C)C(C)(C)C)O[Si](C)(C)C(C)(C)C)CO2)c1. The second-order valence-corrected chi connectivity index (χ2v) is 32.2. The second kappa shape index (κ2) is 13.4. The molecule has 4 rings (SSSR count). The van der Waals surface area contributed by atoms with E-state index in [0.29, 0.717) is 24.5 Å². The quantitative estimate of drug-likeness (QED) is 0.156. The number of benzene rings is 1. The minimum absolute atomic E-state index is 0.0685. The van der Waals surface area contributed by atoms with Gasteiger partial charge < -0.3 is 23.3 Å². The average molecular weight is 700 g/mol. The van der Waals surface area contributed by atoms with Crippen LogP contribution in [0.5, 0.6) is 0 Å². The topological polar surface area (TPSA) is 92.6 Å². The van der Waals surface area contributed by atoms with Crippen LogP contribution >= 0.6 is 0 Å². The first-order valence-corrected chi connectivity index (χ1v) is 25.8. The van der Waals surface area contributed by atoms with Crippen molar-refractivity contribution in [2.75, 3.05) is 11.9 Å². The van der Waals surface area contributed by atoms with Gasteiger partial charge in [-0.3, -0.25) is 4.57 Å². The van der Waals surface area contributed by atoms with E-state index in [2.05, 4.69) is 129 Å². The molecule has 2 aromatic heterocycles. The number of ether oxygens (including phenoxy) is 1. The van der Waals surface area contributed by atoms with Gasteiger partial charge in [0.05, 0.1) is 19.5 Å². The molecule has 0 bridgehead atoms. The molecule has 0 amide bonds. The lowest BCUT2D eigenvalue weighted by atomic mass is 10.1. The summed E-state index contributed by atoms with van der Waals surface area (Å²) in [6, 6.07) is 8.31. The standard InChI is InChI=1S/C35H61N5O4Si3/c1-33(2,3)45(10,11)42-21-25-17-16-18-27(19-25)39-30-29-31(37-23-36-30)40(24-38-29)28-20-26(22-41-28)32(43-46(12,13)34(4,5)6)44-47(14,15)35(7,8)9/h16-19,23-24,26,28,32H,20-22H2,1-15H3,(H,36,37,39)/t26-,28+/m0/s1. The van der Waals surface area contributed by atoms with Gasteiger partial charge in [0, 0.05) is 18.0 Å². The Kier molecular flexibility index (Phi) is 10.8. The molecule has 9 nitrogen and oxygen atoms in total. The van der Waals surface area contributed by atoms with Gasteiger partial charge in [0.15, 0.2) is 41.9 Å². The summed E-state index contributed by atoms with van der Waals surface area (Å²) in [5, 5.41) is 3.78. The minimum atomic E-state index is -2.11. The van der Waals surface area contributed by atoms with Crippen molar-refractivity contribution in [2.24, 2.45) is 5.92 Å². The zero-order valence-electron chi connectivity index (χ0n) is 31.7. The maximum Gasteiger partial charge on any atom is 0.195 e. The van der Waals surface area contributed by atoms with E-state index in [1.807, 2.05) is 23.0 Å². The van der Waals surface area contributed by atoms with Crippen LogP contribution in [0.2, 0.25) is 54.4 Å². The molecule has 1 fully saturated rings. The Balaban J connectivity index is 1.54. The van der Waals surface area contributed by atoms with E-state index in [1.54, 1.807) is 6.33 Å². The molecule has 47 heavy (non-hydrogen) atoms. The maximum absolute atomic E-state index is 7.02. The summed E-state index contributed by atoms with van der Waals surface area (Å²) in [5.41, 5.74) is 3.49. The Morgan fingerprint density at radius 2 is 1.45 bits per heavy atom. The Labute approximate surface area is 287 Å². The third-order valence-corrected chi connectivity index (χ3v) is 24.4. The number of hydrogen-bond acceptors (Lipinski definition) is 8. The van der Waals surface area contributed by atoms with Crippen molar-refractivity contribution in [2.45, 2.75) is 142 Å². The van der Waals surface area contributed by atoms with Crippen molar-refractivity contribution < 1.29 is 18.0 Å². The Morgan fingerprint density at radius 3 is 2.02 bits per heavy atom. The molecule has 1 N–H and O–H groups in total. The van der Waals surface area contributed by atoms with E-state index < -0.39 is 25.0 Å². The fraction of sp³-hybridized carbons (Fsp3) is 0.686. The molecule has 1 saturated heterocycles. The molecule has 2 atom stereocenters. The smallest absolute Gasteiger partial charge is 0.195 e. The van der Waals surface area contributed by atoms with E-state index >= 15 is 0 Å². The van der Waals surface area contributed by atoms with Gasteiger partial charge in [0.1, 0.15) is 18.8 Å². The number of fused-ring (bicyclic) bond motifs is 1. The highest BCUT2D eigenvalue weighted by Crippen LogP contribution is 2.44. The van der Waals surface area contributed by atoms with Crippen LogP contribution in [0.3, 0.4) is 0 Å². The molecule has 1 aromatic carbocycles. The number of imidazole rings is 1. The number of nitrogens with one attached hydrogen (secondary N) is 1. The average Bonchev–Trinajstić information content (AvgIpc) is 3.58. The fourth-order valence-electron chi connectivity index (χ4n) is 4.67. The van der Waals surface area contributed by atoms with Crippen molar-refractivity contribution in [3.8, 4) is 0 Å². The number of anilines is 2. The second-order valence-electron chi connectivity index (χ2n) is 17.8. The number of nitrogens with zero attached hydrogens (tertiary/aromatic N) is 4. The summed E-state index contributed by atoms with van der Waals surface area (Å²) >= 11 is 0. The first-order chi connectivity index (χ1) is 21.4. The van der Waals surface area contributed by atoms with Gasteiger partial charge in [-0.2, -0.15) is 0 Å². The molecule has 262 valence electrons. The van der Waals surface area contributed by atoms with E-state index in [1.165, 1.54) is 0 Å². The zero-order chi connectivity index (χ0) is 35.2. The number of hydrogen-bond donors (Lipinski definition) is 1. The van der Waals surface area contributed by atoms with Gasteiger partial charge in [-0.15, -0.1) is 0 Å². The lowest BCUT2D eigenvalue weighted by molar-refractivity contribution is -0.0621. The van der Waals surface area contributed by atoms with Crippen LogP contribution in [0, 0.1) is 5.92 Å². The van der Waals surface area contributed by atoms with Crippen LogP contribution in [0.25, 0.3) is 11.2 Å². The fourth-order valence-corrected chi connectivity index (χ4v) is 8.08. The van der Waals surface area contributed by atoms with Crippen LogP contribution in [0.1, 0.15) is 80.5 Å². The van der Waals surface area contributed by atoms with Crippen LogP contribution in [-0.2, 0) is 24.6 Å². The van der Waals surface area contributed by atoms with E-state index in [4.69, 9.17) is 23.0 Å². The highest BCUT2D eigenvalue weighted by Gasteiger charge is 2.47. The lowest BCUT2D eigenvalue weighted by Crippen LogP contribution is -2.52. The largest absolute Gasteiger partial charge is 0.413 e. The maximum atomic E-state index is 7.02. The van der Waals surface area contributed by atoms with Crippen molar-refractivity contribution in [3.63, 3.8) is 0 Å². The summed E-state index contributed by atoms with van der Waals surface area (Å²) in [6.07, 6.45) is 3.61. The van der Waals surface area contributed by atoms with E-state index in [9.17, 15) is 0 Å². The molecule has 0 aliphatic carbocycles. The predicted octanol–water partition coefficient (Wildman–Crippen LogP) is 10.00. The Morgan fingerprint density at radius 1 is 0.851 bits per heavy atom. The first-order valence-electron chi connectivity index (χ1n) is 17.1. The highest BCUT2D eigenvalue weighted by atomic mass is 28.4. The summed E-state index contributed by atoms with van der Waals surface area (Å²) < 4.78 is 29.0. The third kappa shape index (κ3) is 8.63. The Hall–Kier alpha value is -1.94. The van der Waals surface area contributed by atoms with Gasteiger partial charge >= 0.3 is 0 Å². The van der Waals surface area contributed by atoms with Crippen LogP contribution in [0.15, 0.2) is 36.9 Å². The molecule has 0 unspecified atom stereocenters. The first kappa shape index (κ1) is 37.9. The molecule has 0 saturated carbocycles. The highest BCUT2D eigenvalue weighted by molar-refractivity contribution is 6.75. The molecule has 0 radical (unpaired) electrons. The molecule has 12 heteroatoms. The van der Waals surface area contributed by atoms with Crippen molar-refractivity contribution in [3.05, 3.63) is 42.5 Å². The summed E-state index contributed by atoms with van der Waals surface area (Å²) in [7, 11) is -6.08. The summed E-state index contributed by atoms with van der Waals surface area (Å²) in [5.74, 6) is 0.752. The van der Waals surface area contributed by atoms with Crippen molar-refractivity contribution in [1.29, 1.82) is 0 Å². The molecule has 3 aromatic rings. The van der Waals surface area contributed by atoms with Crippen LogP contribution in [0.4, 0.5) is 11.5 Å². The summed E-state index contributed by atoms with van der Waals surface area (Å²) in [4.78, 5) is 14.0. The number of rotatable bonds is 11. The van der Waals surface area contributed by atoms with Crippen LogP contribution < -0.4 is 5.32 Å². The van der Waals surface area contributed by atoms with Gasteiger partial charge in [-0.25, -0.2) is 15.0 Å². The van der Waals surface area contributed by atoms with E-state index in [0.717, 1.165) is 23.3 Å². The normalized spacial score (nSPS) is 18.8. The predicted molar refractivity (Wildman–Crippen MR) is 200 cm³/mol. The van der Waals surface area contributed by atoms with Gasteiger partial charge in [0.2, 0.25) is 0 Å². The molecule has 1 aliphatic rings. The molecular weight excluding hydrogens is 639 g/mol. The monoisotopic (exact) mass is 699 g/mol. The molecule has 3 heterocycles. The van der Waals surface area contributed by atoms with E-state index in [-0.39, 0.29) is 33.6 Å². The Bertz CT molecular complexity index is 1490.